The van der Waals surface area contributed by atoms with Crippen LogP contribution in [0.4, 0.5) is 5.69 Å². The van der Waals surface area contributed by atoms with Crippen molar-refractivity contribution in [2.45, 2.75) is 25.7 Å². The maximum absolute atomic E-state index is 12.5. The Hall–Kier alpha value is -2.21. The van der Waals surface area contributed by atoms with Crippen molar-refractivity contribution in [1.82, 2.24) is 9.88 Å². The summed E-state index contributed by atoms with van der Waals surface area (Å²) in [4.78, 5) is 30.4. The lowest BCUT2D eigenvalue weighted by Gasteiger charge is -2.16. The molecule has 1 fully saturated rings. The van der Waals surface area contributed by atoms with Gasteiger partial charge in [-0.25, -0.2) is 0 Å². The molecule has 1 aromatic heterocycles. The fourth-order valence-corrected chi connectivity index (χ4v) is 3.44. The summed E-state index contributed by atoms with van der Waals surface area (Å²) >= 11 is 3.45. The Morgan fingerprint density at radius 1 is 1.12 bits per heavy atom. The second-order valence-electron chi connectivity index (χ2n) is 6.10. The van der Waals surface area contributed by atoms with Gasteiger partial charge in [-0.2, -0.15) is 0 Å². The topological polar surface area (TPSA) is 62.3 Å². The molecule has 0 saturated carbocycles. The van der Waals surface area contributed by atoms with Gasteiger partial charge in [0.05, 0.1) is 5.56 Å². The predicted octanol–water partition coefficient (Wildman–Crippen LogP) is 3.65. The van der Waals surface area contributed by atoms with Crippen molar-refractivity contribution in [1.29, 1.82) is 0 Å². The molecular weight excluding hydrogens is 382 g/mol. The summed E-state index contributed by atoms with van der Waals surface area (Å²) in [6.07, 6.45) is 6.64. The summed E-state index contributed by atoms with van der Waals surface area (Å²) in [5.74, 6) is -0.0118. The van der Waals surface area contributed by atoms with Crippen molar-refractivity contribution in [3.8, 4) is 0 Å². The number of nitrogens with zero attached hydrogens (tertiary/aromatic N) is 2. The van der Waals surface area contributed by atoms with E-state index < -0.39 is 0 Å². The Labute approximate surface area is 155 Å². The first-order valence-corrected chi connectivity index (χ1v) is 9.20. The minimum atomic E-state index is -0.0534. The standard InChI is InChI=1S/C19H20BrN3O2/c20-17-13-15(4-5-16(17)19(25)23-11-1-2-12-23)22-18(24)6-3-14-7-9-21-10-8-14/h4-5,7-10,13H,1-3,6,11-12H2,(H,22,24). The van der Waals surface area contributed by atoms with E-state index in [9.17, 15) is 9.59 Å². The molecule has 1 saturated heterocycles. The number of anilines is 1. The fraction of sp³-hybridized carbons (Fsp3) is 0.316. The number of nitrogens with one attached hydrogen (secondary N) is 1. The Morgan fingerprint density at radius 3 is 2.52 bits per heavy atom. The smallest absolute Gasteiger partial charge is 0.254 e. The monoisotopic (exact) mass is 401 g/mol. The SMILES string of the molecule is O=C(CCc1ccncc1)Nc1ccc(C(=O)N2CCCC2)c(Br)c1. The molecule has 6 heteroatoms. The van der Waals surface area contributed by atoms with Crippen molar-refractivity contribution < 1.29 is 9.59 Å². The number of carbonyl (C=O) groups is 2. The van der Waals surface area contributed by atoms with Gasteiger partial charge < -0.3 is 10.2 Å². The van der Waals surface area contributed by atoms with Gasteiger partial charge in [0, 0.05) is 42.1 Å². The van der Waals surface area contributed by atoms with Gasteiger partial charge in [0.15, 0.2) is 0 Å². The second kappa shape index (κ2) is 8.25. The van der Waals surface area contributed by atoms with Crippen LogP contribution in [0.3, 0.4) is 0 Å². The molecule has 25 heavy (non-hydrogen) atoms. The Morgan fingerprint density at radius 2 is 1.84 bits per heavy atom. The summed E-state index contributed by atoms with van der Waals surface area (Å²) in [6, 6.07) is 9.14. The number of rotatable bonds is 5. The van der Waals surface area contributed by atoms with Crippen LogP contribution < -0.4 is 5.32 Å². The maximum atomic E-state index is 12.5. The molecule has 5 nitrogen and oxygen atoms in total. The number of likely N-dealkylation sites (tertiary alicyclic amines) is 1. The average molecular weight is 402 g/mol. The van der Waals surface area contributed by atoms with Gasteiger partial charge in [-0.1, -0.05) is 0 Å². The third kappa shape index (κ3) is 4.66. The van der Waals surface area contributed by atoms with E-state index in [0.717, 1.165) is 31.5 Å². The zero-order valence-electron chi connectivity index (χ0n) is 13.9. The number of aryl methyl sites for hydroxylation is 1. The third-order valence-corrected chi connectivity index (χ3v) is 4.92. The minimum Gasteiger partial charge on any atom is -0.339 e. The summed E-state index contributed by atoms with van der Waals surface area (Å²) < 4.78 is 0.705. The van der Waals surface area contributed by atoms with Gasteiger partial charge in [-0.3, -0.25) is 14.6 Å². The van der Waals surface area contributed by atoms with E-state index in [1.807, 2.05) is 17.0 Å². The first-order chi connectivity index (χ1) is 12.1. The van der Waals surface area contributed by atoms with Crippen LogP contribution in [-0.4, -0.2) is 34.8 Å². The van der Waals surface area contributed by atoms with Crippen LogP contribution in [0.15, 0.2) is 47.2 Å². The number of aromatic nitrogens is 1. The molecule has 2 aromatic rings. The van der Waals surface area contributed by atoms with Crippen molar-refractivity contribution in [2.75, 3.05) is 18.4 Å². The molecule has 1 aliphatic rings. The lowest BCUT2D eigenvalue weighted by molar-refractivity contribution is -0.116. The number of halogens is 1. The highest BCUT2D eigenvalue weighted by molar-refractivity contribution is 9.10. The highest BCUT2D eigenvalue weighted by Gasteiger charge is 2.21. The van der Waals surface area contributed by atoms with Crippen LogP contribution in [0.1, 0.15) is 35.2 Å². The maximum Gasteiger partial charge on any atom is 0.254 e. The van der Waals surface area contributed by atoms with E-state index in [1.165, 1.54) is 0 Å². The predicted molar refractivity (Wildman–Crippen MR) is 100 cm³/mol. The lowest BCUT2D eigenvalue weighted by Crippen LogP contribution is -2.27. The second-order valence-corrected chi connectivity index (χ2v) is 6.95. The van der Waals surface area contributed by atoms with Crippen LogP contribution in [0.2, 0.25) is 0 Å². The Bertz CT molecular complexity index is 759. The zero-order chi connectivity index (χ0) is 17.6. The zero-order valence-corrected chi connectivity index (χ0v) is 15.5. The fourth-order valence-electron chi connectivity index (χ4n) is 2.89. The quantitative estimate of drug-likeness (QED) is 0.831. The number of amides is 2. The molecule has 0 unspecified atom stereocenters. The molecule has 0 atom stereocenters. The molecule has 2 amide bonds. The number of pyridine rings is 1. The van der Waals surface area contributed by atoms with E-state index in [4.69, 9.17) is 0 Å². The highest BCUT2D eigenvalue weighted by Crippen LogP contribution is 2.24. The van der Waals surface area contributed by atoms with Crippen molar-refractivity contribution in [2.24, 2.45) is 0 Å². The van der Waals surface area contributed by atoms with Crippen LogP contribution >= 0.6 is 15.9 Å². The summed E-state index contributed by atoms with van der Waals surface area (Å²) in [7, 11) is 0. The van der Waals surface area contributed by atoms with Crippen molar-refractivity contribution in [3.63, 3.8) is 0 Å². The molecule has 3 rings (SSSR count). The highest BCUT2D eigenvalue weighted by atomic mass is 79.9. The summed E-state index contributed by atoms with van der Waals surface area (Å²) in [5.41, 5.74) is 2.40. The summed E-state index contributed by atoms with van der Waals surface area (Å²) in [5, 5.41) is 2.88. The van der Waals surface area contributed by atoms with Gasteiger partial charge in [-0.05, 0) is 71.1 Å². The Kier molecular flexibility index (Phi) is 5.81. The molecule has 0 spiro atoms. The lowest BCUT2D eigenvalue weighted by atomic mass is 10.1. The number of benzene rings is 1. The number of carbonyl (C=O) groups excluding carboxylic acids is 2. The molecule has 0 aliphatic carbocycles. The third-order valence-electron chi connectivity index (χ3n) is 4.27. The molecule has 130 valence electrons. The average Bonchev–Trinajstić information content (AvgIpc) is 3.15. The van der Waals surface area contributed by atoms with Crippen molar-refractivity contribution >= 4 is 33.4 Å². The molecule has 0 radical (unpaired) electrons. The largest absolute Gasteiger partial charge is 0.339 e. The van der Waals surface area contributed by atoms with Crippen LogP contribution in [0.25, 0.3) is 0 Å². The normalized spacial score (nSPS) is 13.7. The Balaban J connectivity index is 1.58. The van der Waals surface area contributed by atoms with E-state index >= 15 is 0 Å². The van der Waals surface area contributed by atoms with Gasteiger partial charge in [0.1, 0.15) is 0 Å². The van der Waals surface area contributed by atoms with E-state index in [1.54, 1.807) is 30.6 Å². The van der Waals surface area contributed by atoms with Gasteiger partial charge in [0.2, 0.25) is 5.91 Å². The van der Waals surface area contributed by atoms with Crippen LogP contribution in [0.5, 0.6) is 0 Å². The molecule has 1 N–H and O–H groups in total. The van der Waals surface area contributed by atoms with Gasteiger partial charge in [-0.15, -0.1) is 0 Å². The van der Waals surface area contributed by atoms with Crippen LogP contribution in [0, 0.1) is 0 Å². The molecule has 1 aliphatic heterocycles. The molecule has 2 heterocycles. The van der Waals surface area contributed by atoms with Gasteiger partial charge >= 0.3 is 0 Å². The number of hydrogen-bond donors (Lipinski definition) is 1. The number of hydrogen-bond acceptors (Lipinski definition) is 3. The molecule has 0 bridgehead atoms. The molecular formula is C19H20BrN3O2. The van der Waals surface area contributed by atoms with Crippen molar-refractivity contribution in [3.05, 3.63) is 58.3 Å². The van der Waals surface area contributed by atoms with E-state index in [0.29, 0.717) is 28.6 Å². The van der Waals surface area contributed by atoms with E-state index in [-0.39, 0.29) is 11.8 Å². The van der Waals surface area contributed by atoms with Gasteiger partial charge in [0.25, 0.3) is 5.91 Å². The molecule has 1 aromatic carbocycles. The summed E-state index contributed by atoms with van der Waals surface area (Å²) in [6.45, 7) is 1.64. The van der Waals surface area contributed by atoms with E-state index in [2.05, 4.69) is 26.2 Å². The first kappa shape index (κ1) is 17.6. The minimum absolute atomic E-state index is 0.0416. The first-order valence-electron chi connectivity index (χ1n) is 8.41. The van der Waals surface area contributed by atoms with Crippen LogP contribution in [-0.2, 0) is 11.2 Å².